The van der Waals surface area contributed by atoms with Gasteiger partial charge in [-0.15, -0.1) is 0 Å². The van der Waals surface area contributed by atoms with Crippen molar-refractivity contribution in [2.75, 3.05) is 13.1 Å². The third-order valence-electron chi connectivity index (χ3n) is 3.88. The lowest BCUT2D eigenvalue weighted by atomic mass is 9.88. The van der Waals surface area contributed by atoms with Gasteiger partial charge >= 0.3 is 0 Å². The lowest BCUT2D eigenvalue weighted by Gasteiger charge is -2.32. The smallest absolute Gasteiger partial charge is 0.240 e. The number of carbonyl (C=O) groups is 2. The summed E-state index contributed by atoms with van der Waals surface area (Å²) >= 11 is 0. The fraction of sp³-hybridized carbons (Fsp3) is 0.467. The van der Waals surface area contributed by atoms with Gasteiger partial charge in [0, 0.05) is 12.3 Å². The van der Waals surface area contributed by atoms with Crippen LogP contribution in [0.5, 0.6) is 0 Å². The van der Waals surface area contributed by atoms with E-state index in [0.717, 1.165) is 18.7 Å². The largest absolute Gasteiger partial charge is 0.368 e. The second-order valence-electron chi connectivity index (χ2n) is 5.36. The maximum atomic E-state index is 12.1. The Labute approximate surface area is 118 Å². The first-order chi connectivity index (χ1) is 9.58. The van der Waals surface area contributed by atoms with Gasteiger partial charge in [-0.2, -0.15) is 0 Å². The zero-order valence-electron chi connectivity index (χ0n) is 11.6. The minimum Gasteiger partial charge on any atom is -0.368 e. The monoisotopic (exact) mass is 275 g/mol. The van der Waals surface area contributed by atoms with E-state index < -0.39 is 11.9 Å². The second-order valence-corrected chi connectivity index (χ2v) is 5.36. The fourth-order valence-electron chi connectivity index (χ4n) is 2.25. The molecular formula is C15H21N3O2. The van der Waals surface area contributed by atoms with Gasteiger partial charge in [-0.05, 0) is 24.6 Å². The molecule has 5 nitrogen and oxygen atoms in total. The minimum atomic E-state index is -0.652. The van der Waals surface area contributed by atoms with Crippen molar-refractivity contribution in [3.8, 4) is 0 Å². The number of nitrogens with one attached hydrogen (secondary N) is 2. The van der Waals surface area contributed by atoms with Gasteiger partial charge in [-0.1, -0.05) is 37.3 Å². The summed E-state index contributed by atoms with van der Waals surface area (Å²) in [6.07, 6.45) is 0.428. The molecule has 1 aliphatic heterocycles. The van der Waals surface area contributed by atoms with Crippen LogP contribution >= 0.6 is 0 Å². The van der Waals surface area contributed by atoms with Gasteiger partial charge in [0.15, 0.2) is 0 Å². The first-order valence-corrected chi connectivity index (χ1v) is 6.92. The average Bonchev–Trinajstić information content (AvgIpc) is 2.36. The number of primary amides is 1. The molecule has 1 heterocycles. The van der Waals surface area contributed by atoms with Gasteiger partial charge < -0.3 is 16.4 Å². The van der Waals surface area contributed by atoms with E-state index >= 15 is 0 Å². The van der Waals surface area contributed by atoms with Crippen molar-refractivity contribution in [2.24, 2.45) is 17.6 Å². The van der Waals surface area contributed by atoms with Gasteiger partial charge in [0.1, 0.15) is 6.04 Å². The maximum absolute atomic E-state index is 12.1. The molecule has 20 heavy (non-hydrogen) atoms. The number of amides is 2. The van der Waals surface area contributed by atoms with Crippen LogP contribution < -0.4 is 16.4 Å². The molecule has 2 amide bonds. The summed E-state index contributed by atoms with van der Waals surface area (Å²) in [5, 5.41) is 5.91. The van der Waals surface area contributed by atoms with Gasteiger partial charge in [0.05, 0.1) is 0 Å². The van der Waals surface area contributed by atoms with E-state index in [2.05, 4.69) is 10.6 Å². The first kappa shape index (κ1) is 14.5. The predicted octanol–water partition coefficient (Wildman–Crippen LogP) is 0.0547. The van der Waals surface area contributed by atoms with Crippen molar-refractivity contribution in [1.82, 2.24) is 10.6 Å². The van der Waals surface area contributed by atoms with Gasteiger partial charge in [0.2, 0.25) is 11.8 Å². The molecule has 4 N–H and O–H groups in total. The number of carbonyl (C=O) groups excluding carboxylic acids is 2. The zero-order chi connectivity index (χ0) is 14.5. The molecule has 0 aliphatic carbocycles. The Bertz CT molecular complexity index is 471. The number of benzene rings is 1. The van der Waals surface area contributed by atoms with Crippen LogP contribution in [0.3, 0.4) is 0 Å². The summed E-state index contributed by atoms with van der Waals surface area (Å²) in [5.41, 5.74) is 6.37. The summed E-state index contributed by atoms with van der Waals surface area (Å²) in [7, 11) is 0. The Kier molecular flexibility index (Phi) is 4.74. The van der Waals surface area contributed by atoms with Gasteiger partial charge in [-0.3, -0.25) is 9.59 Å². The first-order valence-electron chi connectivity index (χ1n) is 6.92. The van der Waals surface area contributed by atoms with Crippen molar-refractivity contribution in [1.29, 1.82) is 0 Å². The zero-order valence-corrected chi connectivity index (χ0v) is 11.6. The summed E-state index contributed by atoms with van der Waals surface area (Å²) in [6.45, 7) is 3.60. The highest BCUT2D eigenvalue weighted by atomic mass is 16.2. The fourth-order valence-corrected chi connectivity index (χ4v) is 2.25. The molecule has 2 rings (SSSR count). The number of hydrogen-bond acceptors (Lipinski definition) is 3. The van der Waals surface area contributed by atoms with Crippen molar-refractivity contribution in [3.63, 3.8) is 0 Å². The van der Waals surface area contributed by atoms with Crippen LogP contribution in [0.25, 0.3) is 0 Å². The van der Waals surface area contributed by atoms with E-state index in [9.17, 15) is 9.59 Å². The van der Waals surface area contributed by atoms with Gasteiger partial charge in [-0.25, -0.2) is 0 Å². The molecule has 1 aromatic rings. The summed E-state index contributed by atoms with van der Waals surface area (Å²) in [4.78, 5) is 23.6. The Balaban J connectivity index is 1.95. The molecule has 1 aliphatic rings. The van der Waals surface area contributed by atoms with Crippen LogP contribution in [0.2, 0.25) is 0 Å². The second kappa shape index (κ2) is 6.52. The molecule has 0 spiro atoms. The molecule has 0 radical (unpaired) electrons. The number of hydrogen-bond donors (Lipinski definition) is 3. The third kappa shape index (κ3) is 3.57. The standard InChI is InChI=1S/C15H21N3O2/c1-10(12-8-17-9-12)15(20)18-13(14(16)19)7-11-5-3-2-4-6-11/h2-6,10,12-13,17H,7-9H2,1H3,(H2,16,19)(H,18,20). The van der Waals surface area contributed by atoms with Crippen molar-refractivity contribution in [3.05, 3.63) is 35.9 Å². The Morgan fingerprint density at radius 3 is 2.50 bits per heavy atom. The molecule has 0 saturated carbocycles. The molecule has 1 saturated heterocycles. The van der Waals surface area contributed by atoms with E-state index in [1.807, 2.05) is 37.3 Å². The molecule has 2 unspecified atom stereocenters. The molecule has 2 atom stereocenters. The van der Waals surface area contributed by atoms with Crippen LogP contribution in [0.1, 0.15) is 12.5 Å². The summed E-state index contributed by atoms with van der Waals surface area (Å²) in [5.74, 6) is -0.355. The lowest BCUT2D eigenvalue weighted by molar-refractivity contribution is -0.131. The van der Waals surface area contributed by atoms with E-state index in [4.69, 9.17) is 5.73 Å². The topological polar surface area (TPSA) is 84.2 Å². The normalized spacial score (nSPS) is 17.9. The maximum Gasteiger partial charge on any atom is 0.240 e. The van der Waals surface area contributed by atoms with Crippen LogP contribution in [-0.4, -0.2) is 30.9 Å². The van der Waals surface area contributed by atoms with E-state index in [1.54, 1.807) is 0 Å². The third-order valence-corrected chi connectivity index (χ3v) is 3.88. The minimum absolute atomic E-state index is 0.101. The van der Waals surface area contributed by atoms with Crippen LogP contribution in [0, 0.1) is 11.8 Å². The van der Waals surface area contributed by atoms with E-state index in [-0.39, 0.29) is 11.8 Å². The van der Waals surface area contributed by atoms with Crippen molar-refractivity contribution < 1.29 is 9.59 Å². The quantitative estimate of drug-likeness (QED) is 0.686. The number of nitrogens with two attached hydrogens (primary N) is 1. The van der Waals surface area contributed by atoms with Crippen molar-refractivity contribution in [2.45, 2.75) is 19.4 Å². The number of rotatable bonds is 6. The molecule has 0 aromatic heterocycles. The molecular weight excluding hydrogens is 254 g/mol. The highest BCUT2D eigenvalue weighted by Crippen LogP contribution is 2.16. The summed E-state index contributed by atoms with van der Waals surface area (Å²) < 4.78 is 0. The highest BCUT2D eigenvalue weighted by Gasteiger charge is 2.30. The summed E-state index contributed by atoms with van der Waals surface area (Å²) in [6, 6.07) is 8.89. The van der Waals surface area contributed by atoms with Crippen LogP contribution in [-0.2, 0) is 16.0 Å². The highest BCUT2D eigenvalue weighted by molar-refractivity contribution is 5.87. The molecule has 108 valence electrons. The SMILES string of the molecule is CC(C(=O)NC(Cc1ccccc1)C(N)=O)C1CNC1. The predicted molar refractivity (Wildman–Crippen MR) is 76.8 cm³/mol. The molecule has 0 bridgehead atoms. The van der Waals surface area contributed by atoms with Crippen LogP contribution in [0.15, 0.2) is 30.3 Å². The average molecular weight is 275 g/mol. The van der Waals surface area contributed by atoms with E-state index in [0.29, 0.717) is 12.3 Å². The Morgan fingerprint density at radius 1 is 1.35 bits per heavy atom. The van der Waals surface area contributed by atoms with Gasteiger partial charge in [0.25, 0.3) is 0 Å². The Hall–Kier alpha value is -1.88. The van der Waals surface area contributed by atoms with Crippen molar-refractivity contribution >= 4 is 11.8 Å². The van der Waals surface area contributed by atoms with E-state index in [1.165, 1.54) is 0 Å². The molecule has 1 fully saturated rings. The molecule has 1 aromatic carbocycles. The van der Waals surface area contributed by atoms with Crippen LogP contribution in [0.4, 0.5) is 0 Å². The Morgan fingerprint density at radius 2 is 2.00 bits per heavy atom. The molecule has 5 heteroatoms. The lowest BCUT2D eigenvalue weighted by Crippen LogP contribution is -2.53.